The monoisotopic (exact) mass is 1380 g/mol. The molecule has 2 heterocycles. The SMILES string of the molecule is CC(F)(F)C(=O)O.CC(F)(F)C(=O)OC1CCC(C2CCCCC2)CC1.O=C(n1ccnc1)n1ccnc1.OC1CCC(C2CCCCC2)CC1.[I-].c1ccc([S+](c2ccccc2)c2ccccc2)cc1.c1ccc([S+](c2ccccc2)c2ccccc2)cc1. The zero-order valence-corrected chi connectivity index (χ0v) is 55.3. The number of carbonyl (C=O) groups excluding carboxylic acids is 2. The molecule has 0 atom stereocenters. The highest BCUT2D eigenvalue weighted by molar-refractivity contribution is 7.97. The minimum atomic E-state index is -3.58. The summed E-state index contributed by atoms with van der Waals surface area (Å²) in [7, 11) is -0.0293. The van der Waals surface area contributed by atoms with E-state index in [0.29, 0.717) is 13.8 Å². The van der Waals surface area contributed by atoms with Crippen molar-refractivity contribution >= 4 is 39.8 Å². The van der Waals surface area contributed by atoms with Crippen LogP contribution in [0.2, 0.25) is 0 Å². The molecule has 0 unspecified atom stereocenters. The van der Waals surface area contributed by atoms with Gasteiger partial charge in [0.05, 0.1) is 27.9 Å². The fourth-order valence-corrected chi connectivity index (χ4v) is 16.0. The van der Waals surface area contributed by atoms with E-state index in [2.05, 4.69) is 192 Å². The number of alkyl halides is 4. The molecule has 12 rings (SSSR count). The summed E-state index contributed by atoms with van der Waals surface area (Å²) >= 11 is 0. The Balaban J connectivity index is 0.000000176. The minimum absolute atomic E-state index is 0. The molecule has 17 heteroatoms. The number of carboxylic acids is 1. The number of halogens is 5. The van der Waals surface area contributed by atoms with E-state index < -0.39 is 23.8 Å². The molecule has 4 saturated carbocycles. The van der Waals surface area contributed by atoms with Gasteiger partial charge in [-0.05, 0) is 148 Å². The summed E-state index contributed by atoms with van der Waals surface area (Å²) in [5.74, 6) is -6.89. The van der Waals surface area contributed by atoms with Gasteiger partial charge in [-0.15, -0.1) is 0 Å². The smallest absolute Gasteiger partial charge is 0.376 e. The van der Waals surface area contributed by atoms with Gasteiger partial charge in [0.15, 0.2) is 29.4 Å². The summed E-state index contributed by atoms with van der Waals surface area (Å²) in [6.07, 6.45) is 31.2. The summed E-state index contributed by atoms with van der Waals surface area (Å²) in [5.41, 5.74) is 0. The lowest BCUT2D eigenvalue weighted by Gasteiger charge is -2.35. The van der Waals surface area contributed by atoms with Crippen molar-refractivity contribution in [3.8, 4) is 0 Å². The topological polar surface area (TPSA) is 137 Å². The summed E-state index contributed by atoms with van der Waals surface area (Å²) in [5, 5.41) is 16.9. The number of rotatable bonds is 11. The first-order valence-electron chi connectivity index (χ1n) is 31.2. The van der Waals surface area contributed by atoms with Crippen LogP contribution < -0.4 is 24.0 Å². The summed E-state index contributed by atoms with van der Waals surface area (Å²) in [6, 6.07) is 64.1. The minimum Gasteiger partial charge on any atom is -1.00 e. The van der Waals surface area contributed by atoms with Gasteiger partial charge < -0.3 is 38.9 Å². The number of aliphatic hydroxyl groups excluding tert-OH is 1. The highest BCUT2D eigenvalue weighted by Gasteiger charge is 2.38. The van der Waals surface area contributed by atoms with E-state index in [1.54, 1.807) is 24.8 Å². The number of carboxylic acid groups (broad SMARTS) is 1. The van der Waals surface area contributed by atoms with Crippen LogP contribution in [-0.4, -0.2) is 71.3 Å². The number of esters is 1. The van der Waals surface area contributed by atoms with Crippen molar-refractivity contribution < 1.29 is 70.9 Å². The first-order chi connectivity index (χ1) is 43.0. The second-order valence-electron chi connectivity index (χ2n) is 23.1. The quantitative estimate of drug-likeness (QED) is 0.0565. The van der Waals surface area contributed by atoms with Crippen LogP contribution in [0.1, 0.15) is 129 Å². The molecule has 0 radical (unpaired) electrons. The average Bonchev–Trinajstić information content (AvgIpc) is 1.31. The molecule has 8 aromatic rings. The van der Waals surface area contributed by atoms with Gasteiger partial charge in [-0.1, -0.05) is 173 Å². The van der Waals surface area contributed by atoms with Crippen LogP contribution in [0, 0.1) is 23.7 Å². The largest absolute Gasteiger partial charge is 1.00 e. The number of carbonyl (C=O) groups is 3. The second-order valence-corrected chi connectivity index (χ2v) is 27.2. The summed E-state index contributed by atoms with van der Waals surface area (Å²) < 4.78 is 55.7. The third kappa shape index (κ3) is 24.3. The maximum Gasteiger partial charge on any atom is 0.376 e. The molecule has 0 bridgehead atoms. The Kier molecular flexibility index (Phi) is 30.9. The fourth-order valence-electron chi connectivity index (χ4n) is 11.8. The molecule has 2 N–H and O–H groups in total. The van der Waals surface area contributed by atoms with Crippen molar-refractivity contribution in [1.82, 2.24) is 19.1 Å². The van der Waals surface area contributed by atoms with Crippen LogP contribution in [0.4, 0.5) is 22.4 Å². The number of aliphatic carboxylic acids is 1. The Bertz CT molecular complexity index is 2860. The molecule has 4 aliphatic rings. The van der Waals surface area contributed by atoms with Crippen LogP contribution in [0.3, 0.4) is 0 Å². The highest BCUT2D eigenvalue weighted by atomic mass is 127. The lowest BCUT2D eigenvalue weighted by molar-refractivity contribution is -0.177. The van der Waals surface area contributed by atoms with Crippen LogP contribution in [0.25, 0.3) is 0 Å². The molecule has 480 valence electrons. The molecule has 4 aliphatic carbocycles. The van der Waals surface area contributed by atoms with Crippen LogP contribution >= 0.6 is 0 Å². The lowest BCUT2D eigenvalue weighted by atomic mass is 9.73. The van der Waals surface area contributed by atoms with Gasteiger partial charge in [0.25, 0.3) is 0 Å². The molecule has 0 spiro atoms. The number of benzene rings is 6. The normalized spacial score (nSPS) is 18.5. The van der Waals surface area contributed by atoms with Crippen molar-refractivity contribution in [2.45, 2.75) is 183 Å². The number of aromatic nitrogens is 4. The molecule has 2 aromatic heterocycles. The maximum atomic E-state index is 12.8. The van der Waals surface area contributed by atoms with E-state index in [1.807, 2.05) is 0 Å². The maximum absolute atomic E-state index is 12.8. The number of aliphatic hydroxyl groups is 1. The van der Waals surface area contributed by atoms with Gasteiger partial charge in [-0.25, -0.2) is 24.4 Å². The first-order valence-corrected chi connectivity index (χ1v) is 33.7. The predicted octanol–water partition coefficient (Wildman–Crippen LogP) is 15.3. The number of imidazole rings is 2. The third-order valence-electron chi connectivity index (χ3n) is 16.4. The van der Waals surface area contributed by atoms with E-state index in [0.717, 1.165) is 62.2 Å². The van der Waals surface area contributed by atoms with Crippen molar-refractivity contribution in [3.05, 3.63) is 219 Å². The van der Waals surface area contributed by atoms with Gasteiger partial charge in [-0.3, -0.25) is 9.13 Å². The van der Waals surface area contributed by atoms with E-state index in [-0.39, 0.29) is 64.0 Å². The molecule has 10 nitrogen and oxygen atoms in total. The van der Waals surface area contributed by atoms with Crippen LogP contribution in [0.5, 0.6) is 0 Å². The molecular weight excluding hydrogens is 1300 g/mol. The van der Waals surface area contributed by atoms with E-state index in [4.69, 9.17) is 9.84 Å². The van der Waals surface area contributed by atoms with Crippen molar-refractivity contribution in [3.63, 3.8) is 0 Å². The number of ether oxygens (including phenoxy) is 1. The standard InChI is InChI=1S/2C18H15S.C15H24F2O2.C12H22O.C7H6N4O.C3H4F2O2.HI/c2*1-4-10-16(11-5-1)19(17-12-6-2-7-13-17)18-14-8-3-9-15-18;1-15(16,17)14(18)19-13-9-7-12(8-10-13)11-5-3-2-4-6-11;13-12-8-6-11(7-9-12)10-4-2-1-3-5-10;12-7(10-3-1-8-5-10)11-4-2-9-6-11;1-3(4,5)2(6)7;/h2*1-15H;11-13H,2-10H2,1H3;10-13H,1-9H2;1-6H;1H3,(H,6,7);1H/q2*+1;;;;;/p-1. The van der Waals surface area contributed by atoms with Crippen LogP contribution in [-0.2, 0) is 36.1 Å². The predicted molar refractivity (Wildman–Crippen MR) is 345 cm³/mol. The zero-order chi connectivity index (χ0) is 63.3. The number of hydrogen-bond acceptors (Lipinski definition) is 7. The molecule has 6 aromatic carbocycles. The van der Waals surface area contributed by atoms with E-state index >= 15 is 0 Å². The van der Waals surface area contributed by atoms with E-state index in [9.17, 15) is 37.1 Å². The summed E-state index contributed by atoms with van der Waals surface area (Å²) in [6.45, 7) is 0.929. The Hall–Kier alpha value is -6.54. The molecule has 90 heavy (non-hydrogen) atoms. The van der Waals surface area contributed by atoms with Gasteiger partial charge >= 0.3 is 29.8 Å². The third-order valence-corrected chi connectivity index (χ3v) is 20.9. The molecule has 4 fully saturated rings. The number of hydrogen-bond donors (Lipinski definition) is 2. The average molecular weight is 1380 g/mol. The lowest BCUT2D eigenvalue weighted by Crippen LogP contribution is -3.00. The molecule has 0 amide bonds. The summed E-state index contributed by atoms with van der Waals surface area (Å²) in [4.78, 5) is 47.5. The molecule has 0 aliphatic heterocycles. The Labute approximate surface area is 552 Å². The van der Waals surface area contributed by atoms with Gasteiger partial charge in [0, 0.05) is 38.6 Å². The highest BCUT2D eigenvalue weighted by Crippen LogP contribution is 2.40. The Morgan fingerprint density at radius 3 is 0.944 bits per heavy atom. The van der Waals surface area contributed by atoms with E-state index in [1.165, 1.54) is 128 Å². The van der Waals surface area contributed by atoms with Crippen molar-refractivity contribution in [1.29, 1.82) is 0 Å². The Morgan fingerprint density at radius 2 is 0.700 bits per heavy atom. The molecular formula is C73H86F4IN4O6S2+. The van der Waals surface area contributed by atoms with Crippen molar-refractivity contribution in [2.24, 2.45) is 23.7 Å². The zero-order valence-electron chi connectivity index (χ0n) is 51.5. The fraction of sp³-hybridized carbons (Fsp3) is 0.384. The van der Waals surface area contributed by atoms with Crippen LogP contribution in [0.15, 0.2) is 249 Å². The van der Waals surface area contributed by atoms with Gasteiger partial charge in [0.1, 0.15) is 18.8 Å². The Morgan fingerprint density at radius 1 is 0.433 bits per heavy atom. The second kappa shape index (κ2) is 38.3. The molecule has 0 saturated heterocycles. The van der Waals surface area contributed by atoms with Gasteiger partial charge in [-0.2, -0.15) is 17.6 Å². The number of nitrogens with zero attached hydrogens (tertiary/aromatic N) is 4. The first kappa shape index (κ1) is 72.5. The van der Waals surface area contributed by atoms with Gasteiger partial charge in [0.2, 0.25) is 0 Å². The van der Waals surface area contributed by atoms with Crippen molar-refractivity contribution in [2.75, 3.05) is 0 Å².